The molecule has 28 heavy (non-hydrogen) atoms. The van der Waals surface area contributed by atoms with Crippen LogP contribution in [0.15, 0.2) is 30.5 Å². The Morgan fingerprint density at radius 2 is 1.79 bits per heavy atom. The lowest BCUT2D eigenvalue weighted by Gasteiger charge is -2.23. The summed E-state index contributed by atoms with van der Waals surface area (Å²) in [6, 6.07) is 3.51. The summed E-state index contributed by atoms with van der Waals surface area (Å²) in [6.07, 6.45) is -3.97. The summed E-state index contributed by atoms with van der Waals surface area (Å²) < 4.78 is 38.3. The van der Waals surface area contributed by atoms with Crippen LogP contribution >= 0.6 is 23.2 Å². The van der Waals surface area contributed by atoms with Gasteiger partial charge < -0.3 is 15.2 Å². The number of halogens is 5. The van der Waals surface area contributed by atoms with Gasteiger partial charge in [0.25, 0.3) is 5.91 Å². The van der Waals surface area contributed by atoms with Crippen molar-refractivity contribution in [1.82, 2.24) is 10.3 Å². The first-order chi connectivity index (χ1) is 12.9. The van der Waals surface area contributed by atoms with Gasteiger partial charge >= 0.3 is 6.18 Å². The summed E-state index contributed by atoms with van der Waals surface area (Å²) in [4.78, 5) is 27.3. The molecule has 1 aromatic heterocycles. The molecule has 1 amide bonds. The van der Waals surface area contributed by atoms with Crippen LogP contribution < -0.4 is 10.4 Å². The number of carbonyl (C=O) groups is 2. The molecule has 0 aliphatic rings. The van der Waals surface area contributed by atoms with Gasteiger partial charge in [0.2, 0.25) is 0 Å². The van der Waals surface area contributed by atoms with Crippen LogP contribution in [-0.2, 0) is 11.0 Å². The van der Waals surface area contributed by atoms with Crippen LogP contribution in [-0.4, -0.2) is 22.9 Å². The highest BCUT2D eigenvalue weighted by molar-refractivity contribution is 6.34. The molecule has 0 radical (unpaired) electrons. The van der Waals surface area contributed by atoms with Gasteiger partial charge in [-0.25, -0.2) is 0 Å². The topological polar surface area (TPSA) is 82.1 Å². The van der Waals surface area contributed by atoms with Crippen molar-refractivity contribution in [3.05, 3.63) is 51.6 Å². The number of nitrogens with zero attached hydrogens (tertiary/aromatic N) is 1. The number of carboxylic acids is 1. The van der Waals surface area contributed by atoms with Gasteiger partial charge in [0.05, 0.1) is 38.9 Å². The summed E-state index contributed by atoms with van der Waals surface area (Å²) in [6.45, 7) is 3.18. The lowest BCUT2D eigenvalue weighted by molar-refractivity contribution is -0.309. The first-order valence-corrected chi connectivity index (χ1v) is 8.71. The van der Waals surface area contributed by atoms with E-state index in [9.17, 15) is 27.9 Å². The van der Waals surface area contributed by atoms with Crippen molar-refractivity contribution in [3.63, 3.8) is 0 Å². The van der Waals surface area contributed by atoms with E-state index in [-0.39, 0.29) is 26.9 Å². The van der Waals surface area contributed by atoms with Gasteiger partial charge in [0, 0.05) is 11.8 Å². The van der Waals surface area contributed by atoms with Gasteiger partial charge in [-0.1, -0.05) is 43.1 Å². The van der Waals surface area contributed by atoms with E-state index in [1.165, 1.54) is 18.2 Å². The number of aliphatic carboxylic acids is 1. The molecule has 1 heterocycles. The maximum absolute atomic E-state index is 12.8. The molecule has 1 N–H and O–H groups in total. The minimum atomic E-state index is -4.60. The van der Waals surface area contributed by atoms with Crippen molar-refractivity contribution >= 4 is 35.1 Å². The molecule has 0 aliphatic heterocycles. The van der Waals surface area contributed by atoms with Crippen LogP contribution in [0.4, 0.5) is 13.2 Å². The fourth-order valence-corrected chi connectivity index (χ4v) is 2.85. The molecule has 0 saturated heterocycles. The number of amides is 1. The molecule has 2 aromatic rings. The molecule has 0 spiro atoms. The molecule has 2 rings (SSSR count). The third-order valence-electron chi connectivity index (χ3n) is 3.86. The molecule has 1 atom stereocenters. The highest BCUT2D eigenvalue weighted by Crippen LogP contribution is 2.34. The van der Waals surface area contributed by atoms with E-state index in [1.807, 2.05) is 0 Å². The second-order valence-corrected chi connectivity index (χ2v) is 7.08. The summed E-state index contributed by atoms with van der Waals surface area (Å²) in [5.74, 6) is -2.68. The van der Waals surface area contributed by atoms with E-state index in [0.717, 1.165) is 6.07 Å². The highest BCUT2D eigenvalue weighted by atomic mass is 35.5. The number of carbonyl (C=O) groups excluding carboxylic acids is 2. The smallest absolute Gasteiger partial charge is 0.417 e. The maximum Gasteiger partial charge on any atom is 0.417 e. The van der Waals surface area contributed by atoms with Gasteiger partial charge in [-0.05, 0) is 24.1 Å². The average Bonchev–Trinajstić information content (AvgIpc) is 2.58. The van der Waals surface area contributed by atoms with Gasteiger partial charge in [-0.15, -0.1) is 0 Å². The number of pyridine rings is 1. The van der Waals surface area contributed by atoms with E-state index >= 15 is 0 Å². The Bertz CT molecular complexity index is 917. The molecule has 0 bridgehead atoms. The lowest BCUT2D eigenvalue weighted by Crippen LogP contribution is -2.50. The van der Waals surface area contributed by atoms with Crippen molar-refractivity contribution < 1.29 is 27.9 Å². The van der Waals surface area contributed by atoms with Crippen LogP contribution in [0.2, 0.25) is 10.0 Å². The zero-order valence-electron chi connectivity index (χ0n) is 14.6. The number of alkyl halides is 3. The predicted octanol–water partition coefficient (Wildman–Crippen LogP) is 3.58. The number of hydrogen-bond acceptors (Lipinski definition) is 4. The predicted molar refractivity (Wildman–Crippen MR) is 95.8 cm³/mol. The van der Waals surface area contributed by atoms with Gasteiger partial charge in [-0.2, -0.15) is 13.2 Å². The van der Waals surface area contributed by atoms with E-state index in [2.05, 4.69) is 10.3 Å². The third-order valence-corrected chi connectivity index (χ3v) is 4.48. The van der Waals surface area contributed by atoms with E-state index in [0.29, 0.717) is 6.20 Å². The average molecular weight is 434 g/mol. The molecular weight excluding hydrogens is 420 g/mol. The molecule has 10 heteroatoms. The molecule has 0 saturated carbocycles. The minimum Gasteiger partial charge on any atom is -0.548 e. The van der Waals surface area contributed by atoms with Crippen molar-refractivity contribution in [2.75, 3.05) is 0 Å². The Morgan fingerprint density at radius 3 is 2.29 bits per heavy atom. The standard InChI is InChI=1S/C18H15Cl2F3N2O3/c1-8(2)14(17(27)28)25-16(26)11-5-9(3-4-12(11)19)15-13(20)6-10(7-24-15)18(21,22)23/h3-8,14H,1-2H3,(H,25,26)(H,27,28)/p-1/t14-/m0/s1. The Labute approximate surface area is 168 Å². The monoisotopic (exact) mass is 433 g/mol. The van der Waals surface area contributed by atoms with Crippen molar-refractivity contribution in [2.45, 2.75) is 26.1 Å². The summed E-state index contributed by atoms with van der Waals surface area (Å²) in [7, 11) is 0. The molecule has 150 valence electrons. The van der Waals surface area contributed by atoms with E-state index in [1.54, 1.807) is 13.8 Å². The zero-order chi connectivity index (χ0) is 21.2. The third kappa shape index (κ3) is 4.94. The molecule has 5 nitrogen and oxygen atoms in total. The van der Waals surface area contributed by atoms with Gasteiger partial charge in [0.15, 0.2) is 0 Å². The summed E-state index contributed by atoms with van der Waals surface area (Å²) in [5.41, 5.74) is -0.839. The first kappa shape index (κ1) is 22.0. The molecule has 0 unspecified atom stereocenters. The minimum absolute atomic E-state index is 0.0145. The Balaban J connectivity index is 2.41. The largest absolute Gasteiger partial charge is 0.548 e. The molecule has 0 aliphatic carbocycles. The highest BCUT2D eigenvalue weighted by Gasteiger charge is 2.31. The van der Waals surface area contributed by atoms with Crippen LogP contribution in [0.25, 0.3) is 11.3 Å². The number of nitrogens with one attached hydrogen (secondary N) is 1. The summed E-state index contributed by atoms with van der Waals surface area (Å²) in [5, 5.41) is 13.2. The fraction of sp³-hybridized carbons (Fsp3) is 0.278. The van der Waals surface area contributed by atoms with Crippen LogP contribution in [0, 0.1) is 5.92 Å². The summed E-state index contributed by atoms with van der Waals surface area (Å²) >= 11 is 11.9. The van der Waals surface area contributed by atoms with Crippen LogP contribution in [0.1, 0.15) is 29.8 Å². The quantitative estimate of drug-likeness (QED) is 0.780. The Kier molecular flexibility index (Phi) is 6.56. The van der Waals surface area contributed by atoms with E-state index in [4.69, 9.17) is 23.2 Å². The SMILES string of the molecule is CC(C)[C@H](NC(=O)c1cc(-c2ncc(C(F)(F)F)cc2Cl)ccc1Cl)C(=O)[O-]. The number of rotatable bonds is 5. The fourth-order valence-electron chi connectivity index (χ4n) is 2.37. The second-order valence-electron chi connectivity index (χ2n) is 6.26. The Morgan fingerprint density at radius 1 is 1.14 bits per heavy atom. The normalized spacial score (nSPS) is 12.7. The van der Waals surface area contributed by atoms with E-state index < -0.39 is 35.6 Å². The van der Waals surface area contributed by atoms with Crippen LogP contribution in [0.3, 0.4) is 0 Å². The van der Waals surface area contributed by atoms with Crippen molar-refractivity contribution in [1.29, 1.82) is 0 Å². The number of carboxylic acid groups (broad SMARTS) is 1. The molecule has 0 fully saturated rings. The maximum atomic E-state index is 12.8. The van der Waals surface area contributed by atoms with Gasteiger partial charge in [-0.3, -0.25) is 9.78 Å². The second kappa shape index (κ2) is 8.36. The van der Waals surface area contributed by atoms with Crippen molar-refractivity contribution in [2.24, 2.45) is 5.92 Å². The zero-order valence-corrected chi connectivity index (χ0v) is 16.1. The van der Waals surface area contributed by atoms with Crippen LogP contribution in [0.5, 0.6) is 0 Å². The molecule has 1 aromatic carbocycles. The Hall–Kier alpha value is -2.32. The number of hydrogen-bond donors (Lipinski definition) is 1. The van der Waals surface area contributed by atoms with Gasteiger partial charge in [0.1, 0.15) is 0 Å². The lowest BCUT2D eigenvalue weighted by atomic mass is 10.0. The number of aromatic nitrogens is 1. The molecular formula is C18H14Cl2F3N2O3-. The first-order valence-electron chi connectivity index (χ1n) is 7.96. The van der Waals surface area contributed by atoms with Crippen molar-refractivity contribution in [3.8, 4) is 11.3 Å². The number of benzene rings is 1.